The van der Waals surface area contributed by atoms with Crippen LogP contribution in [0, 0.1) is 21.7 Å². The zero-order valence-electron chi connectivity index (χ0n) is 13.9. The number of carbonyl (C=O) groups is 1. The Hall–Kier alpha value is -2.65. The Kier molecular flexibility index (Phi) is 5.33. The third-order valence-electron chi connectivity index (χ3n) is 3.73. The van der Waals surface area contributed by atoms with Crippen LogP contribution in [-0.4, -0.2) is 15.4 Å². The quantitative estimate of drug-likeness (QED) is 0.461. The van der Waals surface area contributed by atoms with Gasteiger partial charge in [0.1, 0.15) is 11.4 Å². The number of nitro benzene ring substituents is 1. The smallest absolute Gasteiger partial charge is 0.286 e. The number of rotatable bonds is 4. The molecule has 0 radical (unpaired) electrons. The molecule has 0 fully saturated rings. The fourth-order valence-electron chi connectivity index (χ4n) is 2.63. The lowest BCUT2D eigenvalue weighted by atomic mass is 10.2. The van der Waals surface area contributed by atoms with Crippen molar-refractivity contribution in [3.05, 3.63) is 67.5 Å². The third-order valence-corrected chi connectivity index (χ3v) is 4.99. The van der Waals surface area contributed by atoms with E-state index in [-0.39, 0.29) is 25.6 Å². The lowest BCUT2D eigenvalue weighted by Gasteiger charge is -2.04. The summed E-state index contributed by atoms with van der Waals surface area (Å²) >= 11 is 6.77. The first-order valence-electron chi connectivity index (χ1n) is 7.83. The molecule has 0 bridgehead atoms. The SMILES string of the molecule is CCCn1c(=NC(=O)c2cc(Cl)ccc2[N+](=O)[O-])sc2cc(F)cc(F)c21. The second kappa shape index (κ2) is 7.53. The second-order valence-electron chi connectivity index (χ2n) is 5.61. The highest BCUT2D eigenvalue weighted by Gasteiger charge is 2.21. The predicted molar refractivity (Wildman–Crippen MR) is 98.0 cm³/mol. The van der Waals surface area contributed by atoms with Crippen molar-refractivity contribution < 1.29 is 18.5 Å². The van der Waals surface area contributed by atoms with Crippen molar-refractivity contribution in [1.82, 2.24) is 4.57 Å². The van der Waals surface area contributed by atoms with E-state index in [4.69, 9.17) is 11.6 Å². The molecule has 0 aliphatic rings. The summed E-state index contributed by atoms with van der Waals surface area (Å²) < 4.78 is 29.5. The van der Waals surface area contributed by atoms with Gasteiger partial charge in [-0.3, -0.25) is 14.9 Å². The highest BCUT2D eigenvalue weighted by Crippen LogP contribution is 2.25. The number of hydrogen-bond acceptors (Lipinski definition) is 4. The van der Waals surface area contributed by atoms with Crippen molar-refractivity contribution in [1.29, 1.82) is 0 Å². The van der Waals surface area contributed by atoms with E-state index in [2.05, 4.69) is 4.99 Å². The number of fused-ring (bicyclic) bond motifs is 1. The maximum Gasteiger partial charge on any atom is 0.286 e. The molecule has 1 amide bonds. The van der Waals surface area contributed by atoms with E-state index >= 15 is 0 Å². The molecule has 10 heteroatoms. The Morgan fingerprint density at radius 2 is 2.07 bits per heavy atom. The van der Waals surface area contributed by atoms with Crippen LogP contribution in [0.25, 0.3) is 10.2 Å². The van der Waals surface area contributed by atoms with Crippen LogP contribution < -0.4 is 4.80 Å². The maximum atomic E-state index is 14.2. The van der Waals surface area contributed by atoms with Gasteiger partial charge in [-0.15, -0.1) is 0 Å². The van der Waals surface area contributed by atoms with E-state index in [1.54, 1.807) is 0 Å². The normalized spacial score (nSPS) is 11.9. The molecule has 0 N–H and O–H groups in total. The summed E-state index contributed by atoms with van der Waals surface area (Å²) in [5.74, 6) is -2.40. The van der Waals surface area contributed by atoms with Crippen LogP contribution in [0.2, 0.25) is 5.02 Å². The van der Waals surface area contributed by atoms with Gasteiger partial charge < -0.3 is 4.57 Å². The van der Waals surface area contributed by atoms with Gasteiger partial charge in [-0.2, -0.15) is 4.99 Å². The van der Waals surface area contributed by atoms with Crippen molar-refractivity contribution in [2.75, 3.05) is 0 Å². The van der Waals surface area contributed by atoms with E-state index in [1.165, 1.54) is 10.6 Å². The Balaban J connectivity index is 2.23. The minimum atomic E-state index is -0.888. The first kappa shape index (κ1) is 19.1. The number of aromatic nitrogens is 1. The fraction of sp³-hybridized carbons (Fsp3) is 0.176. The van der Waals surface area contributed by atoms with Gasteiger partial charge in [0, 0.05) is 23.7 Å². The lowest BCUT2D eigenvalue weighted by Crippen LogP contribution is -2.17. The molecule has 1 aromatic heterocycles. The first-order chi connectivity index (χ1) is 12.8. The van der Waals surface area contributed by atoms with Gasteiger partial charge in [0.25, 0.3) is 11.6 Å². The molecule has 0 saturated carbocycles. The molecule has 0 unspecified atom stereocenters. The summed E-state index contributed by atoms with van der Waals surface area (Å²) in [5.41, 5.74) is -0.580. The lowest BCUT2D eigenvalue weighted by molar-refractivity contribution is -0.385. The van der Waals surface area contributed by atoms with Gasteiger partial charge in [0.2, 0.25) is 0 Å². The number of halogens is 3. The number of aryl methyl sites for hydroxylation is 1. The number of amides is 1. The van der Waals surface area contributed by atoms with Gasteiger partial charge in [-0.05, 0) is 24.6 Å². The van der Waals surface area contributed by atoms with E-state index in [1.807, 2.05) is 6.92 Å². The Labute approximate surface area is 160 Å². The monoisotopic (exact) mass is 411 g/mol. The van der Waals surface area contributed by atoms with Crippen molar-refractivity contribution in [2.45, 2.75) is 19.9 Å². The van der Waals surface area contributed by atoms with Crippen molar-refractivity contribution >= 4 is 44.7 Å². The summed E-state index contributed by atoms with van der Waals surface area (Å²) in [6.45, 7) is 2.19. The summed E-state index contributed by atoms with van der Waals surface area (Å²) in [7, 11) is 0. The minimum Gasteiger partial charge on any atom is -0.314 e. The van der Waals surface area contributed by atoms with Crippen molar-refractivity contribution in [3.8, 4) is 0 Å². The van der Waals surface area contributed by atoms with Crippen LogP contribution in [0.3, 0.4) is 0 Å². The van der Waals surface area contributed by atoms with Crippen molar-refractivity contribution in [2.24, 2.45) is 4.99 Å². The van der Waals surface area contributed by atoms with Gasteiger partial charge in [-0.1, -0.05) is 29.9 Å². The van der Waals surface area contributed by atoms with Crippen LogP contribution in [-0.2, 0) is 6.54 Å². The Morgan fingerprint density at radius 1 is 1.33 bits per heavy atom. The summed E-state index contributed by atoms with van der Waals surface area (Å²) in [6, 6.07) is 5.48. The number of thiazole rings is 1. The molecule has 140 valence electrons. The van der Waals surface area contributed by atoms with Gasteiger partial charge in [0.15, 0.2) is 10.6 Å². The number of hydrogen-bond donors (Lipinski definition) is 0. The predicted octanol–water partition coefficient (Wildman–Crippen LogP) is 4.69. The average Bonchev–Trinajstić information content (AvgIpc) is 2.92. The molecule has 0 atom stereocenters. The minimum absolute atomic E-state index is 0.121. The van der Waals surface area contributed by atoms with Crippen LogP contribution in [0.5, 0.6) is 0 Å². The fourth-order valence-corrected chi connectivity index (χ4v) is 3.90. The summed E-state index contributed by atoms with van der Waals surface area (Å²) in [6.07, 6.45) is 0.612. The van der Waals surface area contributed by atoms with Crippen LogP contribution in [0.4, 0.5) is 14.5 Å². The molecule has 1 heterocycles. The van der Waals surface area contributed by atoms with Crippen LogP contribution in [0.15, 0.2) is 35.3 Å². The Morgan fingerprint density at radius 3 is 2.74 bits per heavy atom. The van der Waals surface area contributed by atoms with E-state index in [0.29, 0.717) is 13.0 Å². The van der Waals surface area contributed by atoms with Crippen LogP contribution >= 0.6 is 22.9 Å². The second-order valence-corrected chi connectivity index (χ2v) is 7.05. The molecule has 0 aliphatic heterocycles. The number of nitrogens with zero attached hydrogens (tertiary/aromatic N) is 3. The molecular formula is C17H12ClF2N3O3S. The van der Waals surface area contributed by atoms with E-state index in [9.17, 15) is 23.7 Å². The standard InChI is InChI=1S/C17H12ClF2N3O3S/c1-2-5-22-15-12(20)7-10(19)8-14(15)27-17(22)21-16(24)11-6-9(18)3-4-13(11)23(25)26/h3-4,6-8H,2,5H2,1H3. The topological polar surface area (TPSA) is 77.5 Å². The Bertz CT molecular complexity index is 1140. The largest absolute Gasteiger partial charge is 0.314 e. The van der Waals surface area contributed by atoms with Crippen LogP contribution in [0.1, 0.15) is 23.7 Å². The van der Waals surface area contributed by atoms with E-state index < -0.39 is 28.2 Å². The highest BCUT2D eigenvalue weighted by molar-refractivity contribution is 7.16. The molecular weight excluding hydrogens is 400 g/mol. The highest BCUT2D eigenvalue weighted by atomic mass is 35.5. The third kappa shape index (κ3) is 3.74. The molecule has 3 rings (SSSR count). The zero-order valence-corrected chi connectivity index (χ0v) is 15.5. The van der Waals surface area contributed by atoms with Gasteiger partial charge in [-0.25, -0.2) is 8.78 Å². The molecule has 3 aromatic rings. The number of nitro groups is 1. The zero-order chi connectivity index (χ0) is 19.7. The number of benzene rings is 2. The van der Waals surface area contributed by atoms with Gasteiger partial charge in [0.05, 0.1) is 15.1 Å². The molecule has 0 spiro atoms. The molecule has 0 saturated heterocycles. The molecule has 0 aliphatic carbocycles. The van der Waals surface area contributed by atoms with Gasteiger partial charge >= 0.3 is 0 Å². The average molecular weight is 412 g/mol. The molecule has 2 aromatic carbocycles. The first-order valence-corrected chi connectivity index (χ1v) is 9.02. The summed E-state index contributed by atoms with van der Waals surface area (Å²) in [5, 5.41) is 11.3. The number of carbonyl (C=O) groups excluding carboxylic acids is 1. The summed E-state index contributed by atoms with van der Waals surface area (Å²) in [4.78, 5) is 27.1. The molecule has 6 nitrogen and oxygen atoms in total. The maximum absolute atomic E-state index is 14.2. The molecule has 27 heavy (non-hydrogen) atoms. The van der Waals surface area contributed by atoms with Crippen molar-refractivity contribution in [3.63, 3.8) is 0 Å². The van der Waals surface area contributed by atoms with E-state index in [0.717, 1.165) is 35.6 Å².